The first-order valence-electron chi connectivity index (χ1n) is 9.03. The first kappa shape index (κ1) is 15.9. The van der Waals surface area contributed by atoms with E-state index in [4.69, 9.17) is 9.15 Å². The van der Waals surface area contributed by atoms with E-state index < -0.39 is 0 Å². The third kappa shape index (κ3) is 2.31. The number of nitrogens with one attached hydrogen (secondary N) is 1. The van der Waals surface area contributed by atoms with Crippen molar-refractivity contribution in [2.75, 3.05) is 0 Å². The third-order valence-electron chi connectivity index (χ3n) is 5.23. The first-order valence-corrected chi connectivity index (χ1v) is 9.85. The number of hydrogen-bond acceptors (Lipinski definition) is 6. The molecule has 0 amide bonds. The molecule has 1 saturated heterocycles. The number of para-hydroxylation sites is 1. The number of H-pyrrole nitrogens is 1. The van der Waals surface area contributed by atoms with Crippen molar-refractivity contribution in [3.63, 3.8) is 0 Å². The fraction of sp³-hybridized carbons (Fsp3) is 0.200. The standard InChI is InChI=1S/C20H16N4O3S/c1-11-17-14(9-15-19(27-15)23(11)10-12-5-4-8-26-12)22-24(18(17)25)20-21-13-6-2-3-7-16(13)28-20/h2-9,15,19,22H,10H2,1H3. The quantitative estimate of drug-likeness (QED) is 0.535. The lowest BCUT2D eigenvalue weighted by Gasteiger charge is -2.21. The highest BCUT2D eigenvalue weighted by atomic mass is 32.1. The van der Waals surface area contributed by atoms with Crippen molar-refractivity contribution in [3.8, 4) is 5.13 Å². The molecule has 0 aliphatic carbocycles. The number of ether oxygens (including phenoxy) is 1. The molecule has 1 aromatic carbocycles. The molecule has 0 radical (unpaired) electrons. The van der Waals surface area contributed by atoms with E-state index in [0.29, 0.717) is 16.9 Å². The Hall–Kier alpha value is -3.10. The minimum atomic E-state index is -0.103. The molecule has 3 aromatic heterocycles. The second-order valence-electron chi connectivity index (χ2n) is 6.96. The summed E-state index contributed by atoms with van der Waals surface area (Å²) in [6.07, 6.45) is 3.52. The smallest absolute Gasteiger partial charge is 0.282 e. The highest BCUT2D eigenvalue weighted by Crippen LogP contribution is 2.32. The minimum Gasteiger partial charge on any atom is -0.467 e. The topological polar surface area (TPSA) is 79.6 Å². The van der Waals surface area contributed by atoms with E-state index in [2.05, 4.69) is 15.0 Å². The molecule has 1 fully saturated rings. The van der Waals surface area contributed by atoms with E-state index in [0.717, 1.165) is 27.0 Å². The van der Waals surface area contributed by atoms with Gasteiger partial charge in [-0.15, -0.1) is 0 Å². The number of epoxide rings is 1. The minimum absolute atomic E-state index is 0.0481. The second-order valence-corrected chi connectivity index (χ2v) is 7.96. The van der Waals surface area contributed by atoms with Gasteiger partial charge in [-0.1, -0.05) is 23.5 Å². The maximum atomic E-state index is 13.3. The van der Waals surface area contributed by atoms with Crippen LogP contribution in [0.15, 0.2) is 51.9 Å². The maximum absolute atomic E-state index is 13.3. The summed E-state index contributed by atoms with van der Waals surface area (Å²) in [7, 11) is 0. The van der Waals surface area contributed by atoms with Crippen molar-refractivity contribution >= 4 is 33.3 Å². The Morgan fingerprint density at radius 2 is 2.14 bits per heavy atom. The SMILES string of the molecule is CC1=c2c([nH]n(-c3nc4ccccc4s3)c2=O)=CC2OC2N1Cc1ccco1. The van der Waals surface area contributed by atoms with Gasteiger partial charge in [0.15, 0.2) is 6.23 Å². The van der Waals surface area contributed by atoms with E-state index in [9.17, 15) is 4.79 Å². The molecule has 0 bridgehead atoms. The Morgan fingerprint density at radius 3 is 2.96 bits per heavy atom. The van der Waals surface area contributed by atoms with Gasteiger partial charge in [0.05, 0.1) is 33.6 Å². The summed E-state index contributed by atoms with van der Waals surface area (Å²) >= 11 is 1.49. The average molecular weight is 392 g/mol. The van der Waals surface area contributed by atoms with Crippen LogP contribution in [0.2, 0.25) is 0 Å². The Morgan fingerprint density at radius 1 is 1.25 bits per heavy atom. The Labute approximate surface area is 162 Å². The number of rotatable bonds is 3. The second kappa shape index (κ2) is 5.70. The van der Waals surface area contributed by atoms with E-state index in [1.165, 1.54) is 16.0 Å². The van der Waals surface area contributed by atoms with Gasteiger partial charge in [-0.25, -0.2) is 4.98 Å². The van der Waals surface area contributed by atoms with Gasteiger partial charge in [0.1, 0.15) is 11.9 Å². The summed E-state index contributed by atoms with van der Waals surface area (Å²) in [4.78, 5) is 20.0. The van der Waals surface area contributed by atoms with Crippen LogP contribution in [0.4, 0.5) is 0 Å². The van der Waals surface area contributed by atoms with Crippen LogP contribution in [-0.4, -0.2) is 32.0 Å². The van der Waals surface area contributed by atoms with Gasteiger partial charge in [0.25, 0.3) is 5.56 Å². The number of furan rings is 1. The molecule has 7 nitrogen and oxygen atoms in total. The fourth-order valence-electron chi connectivity index (χ4n) is 3.78. The molecule has 0 saturated carbocycles. The van der Waals surface area contributed by atoms with Gasteiger partial charge >= 0.3 is 0 Å². The zero-order valence-electron chi connectivity index (χ0n) is 15.0. The fourth-order valence-corrected chi connectivity index (χ4v) is 4.71. The summed E-state index contributed by atoms with van der Waals surface area (Å²) in [6.45, 7) is 2.51. The number of hydrogen-bond donors (Lipinski definition) is 1. The molecule has 2 aliphatic heterocycles. The van der Waals surface area contributed by atoms with Crippen LogP contribution >= 0.6 is 11.3 Å². The van der Waals surface area contributed by atoms with Crippen molar-refractivity contribution in [2.24, 2.45) is 0 Å². The lowest BCUT2D eigenvalue weighted by molar-refractivity contribution is 0.225. The lowest BCUT2D eigenvalue weighted by atomic mass is 10.3. The predicted molar refractivity (Wildman–Crippen MR) is 105 cm³/mol. The monoisotopic (exact) mass is 392 g/mol. The van der Waals surface area contributed by atoms with E-state index in [1.54, 1.807) is 6.26 Å². The Kier molecular flexibility index (Phi) is 3.24. The van der Waals surface area contributed by atoms with Crippen LogP contribution in [0.5, 0.6) is 0 Å². The van der Waals surface area contributed by atoms with Crippen molar-refractivity contribution < 1.29 is 9.15 Å². The van der Waals surface area contributed by atoms with Gasteiger partial charge in [0.2, 0.25) is 5.13 Å². The number of thiazole rings is 1. The highest BCUT2D eigenvalue weighted by molar-refractivity contribution is 7.20. The molecular formula is C20H16N4O3S. The van der Waals surface area contributed by atoms with Crippen LogP contribution in [0.3, 0.4) is 0 Å². The predicted octanol–water partition coefficient (Wildman–Crippen LogP) is 1.52. The van der Waals surface area contributed by atoms with Gasteiger partial charge in [-0.3, -0.25) is 9.89 Å². The van der Waals surface area contributed by atoms with Gasteiger partial charge < -0.3 is 14.1 Å². The summed E-state index contributed by atoms with van der Waals surface area (Å²) in [5, 5.41) is 5.29. The Bertz CT molecular complexity index is 1350. The molecule has 5 heterocycles. The zero-order chi connectivity index (χ0) is 18.8. The normalized spacial score (nSPS) is 20.6. The lowest BCUT2D eigenvalue weighted by Crippen LogP contribution is -2.40. The number of benzene rings is 1. The largest absolute Gasteiger partial charge is 0.467 e. The molecule has 2 atom stereocenters. The van der Waals surface area contributed by atoms with Crippen LogP contribution in [0.1, 0.15) is 12.7 Å². The molecule has 140 valence electrons. The van der Waals surface area contributed by atoms with E-state index in [1.807, 2.05) is 49.4 Å². The van der Waals surface area contributed by atoms with Gasteiger partial charge in [-0.2, -0.15) is 4.68 Å². The van der Waals surface area contributed by atoms with E-state index in [-0.39, 0.29) is 17.9 Å². The molecule has 4 aromatic rings. The molecule has 8 heteroatoms. The summed E-state index contributed by atoms with van der Waals surface area (Å²) in [6, 6.07) is 11.7. The molecule has 0 spiro atoms. The zero-order valence-corrected chi connectivity index (χ0v) is 15.8. The first-order chi connectivity index (χ1) is 13.7. The third-order valence-corrected chi connectivity index (χ3v) is 6.25. The summed E-state index contributed by atoms with van der Waals surface area (Å²) in [5.41, 5.74) is 1.65. The van der Waals surface area contributed by atoms with Gasteiger partial charge in [0, 0.05) is 5.70 Å². The van der Waals surface area contributed by atoms with Gasteiger partial charge in [-0.05, 0) is 37.3 Å². The van der Waals surface area contributed by atoms with Crippen LogP contribution < -0.4 is 16.1 Å². The molecule has 28 heavy (non-hydrogen) atoms. The molecule has 1 N–H and O–H groups in total. The van der Waals surface area contributed by atoms with Crippen molar-refractivity contribution in [1.82, 2.24) is 19.7 Å². The van der Waals surface area contributed by atoms with Crippen molar-refractivity contribution in [3.05, 3.63) is 69.3 Å². The molecule has 2 unspecified atom stereocenters. The van der Waals surface area contributed by atoms with Crippen molar-refractivity contribution in [2.45, 2.75) is 25.8 Å². The number of aromatic amines is 1. The number of fused-ring (bicyclic) bond motifs is 3. The summed E-state index contributed by atoms with van der Waals surface area (Å²) < 4.78 is 13.9. The molecule has 2 aliphatic rings. The maximum Gasteiger partial charge on any atom is 0.282 e. The van der Waals surface area contributed by atoms with Crippen LogP contribution in [0.25, 0.3) is 27.1 Å². The van der Waals surface area contributed by atoms with Crippen molar-refractivity contribution in [1.29, 1.82) is 0 Å². The van der Waals surface area contributed by atoms with E-state index >= 15 is 0 Å². The number of aromatic nitrogens is 3. The summed E-state index contributed by atoms with van der Waals surface area (Å²) in [5.74, 6) is 0.832. The highest BCUT2D eigenvalue weighted by Gasteiger charge is 2.44. The Balaban J connectivity index is 1.54. The average Bonchev–Trinajstić information content (AvgIpc) is 3.04. The van der Waals surface area contributed by atoms with Crippen LogP contribution in [-0.2, 0) is 11.3 Å². The molecule has 6 rings (SSSR count). The van der Waals surface area contributed by atoms with Crippen LogP contribution in [0, 0.1) is 0 Å². The number of nitrogens with zero attached hydrogens (tertiary/aromatic N) is 3. The molecular weight excluding hydrogens is 376 g/mol.